The molecule has 1 N–H and O–H groups in total. The number of hydrogen-bond donors (Lipinski definition) is 1. The van der Waals surface area contributed by atoms with Gasteiger partial charge in [-0.2, -0.15) is 0 Å². The smallest absolute Gasteiger partial charge is 0.130 e. The lowest BCUT2D eigenvalue weighted by Crippen LogP contribution is -2.44. The molecule has 0 amide bonds. The van der Waals surface area contributed by atoms with Crippen molar-refractivity contribution >= 4 is 0 Å². The maximum Gasteiger partial charge on any atom is 0.130 e. The van der Waals surface area contributed by atoms with Gasteiger partial charge in [-0.3, -0.25) is 4.90 Å². The number of allylic oxidation sites excluding steroid dienone is 1. The molecule has 0 saturated carbocycles. The average Bonchev–Trinajstić information content (AvgIpc) is 3.27. The summed E-state index contributed by atoms with van der Waals surface area (Å²) >= 11 is 0. The molecule has 4 heteroatoms. The zero-order valence-electron chi connectivity index (χ0n) is 15.8. The molecule has 2 fully saturated rings. The largest absolute Gasteiger partial charge is 0.472 e. The second kappa shape index (κ2) is 6.84. The van der Waals surface area contributed by atoms with Crippen molar-refractivity contribution in [3.8, 4) is 5.75 Å². The summed E-state index contributed by atoms with van der Waals surface area (Å²) in [6, 6.07) is 11.7. The van der Waals surface area contributed by atoms with Crippen LogP contribution in [0.4, 0.5) is 0 Å². The van der Waals surface area contributed by atoms with Gasteiger partial charge in [0, 0.05) is 35.7 Å². The minimum atomic E-state index is -0.0249. The van der Waals surface area contributed by atoms with Crippen LogP contribution in [0.1, 0.15) is 49.7 Å². The highest BCUT2D eigenvalue weighted by molar-refractivity contribution is 5.46. The molecule has 1 aromatic heterocycles. The first kappa shape index (κ1) is 17.1. The van der Waals surface area contributed by atoms with Gasteiger partial charge in [0.05, 0.1) is 12.5 Å². The molecule has 2 bridgehead atoms. The van der Waals surface area contributed by atoms with Crippen molar-refractivity contribution in [2.45, 2.75) is 57.2 Å². The fourth-order valence-corrected chi connectivity index (χ4v) is 5.65. The van der Waals surface area contributed by atoms with E-state index in [1.165, 1.54) is 42.4 Å². The lowest BCUT2D eigenvalue weighted by atomic mass is 9.72. The van der Waals surface area contributed by atoms with Gasteiger partial charge in [0.1, 0.15) is 18.1 Å². The first-order valence-electron chi connectivity index (χ1n) is 10.1. The van der Waals surface area contributed by atoms with Crippen LogP contribution in [0.15, 0.2) is 58.6 Å². The summed E-state index contributed by atoms with van der Waals surface area (Å²) in [7, 11) is 0. The van der Waals surface area contributed by atoms with E-state index in [9.17, 15) is 5.11 Å². The van der Waals surface area contributed by atoms with Gasteiger partial charge in [0.15, 0.2) is 0 Å². The van der Waals surface area contributed by atoms with Gasteiger partial charge in [-0.25, -0.2) is 0 Å². The van der Waals surface area contributed by atoms with Crippen molar-refractivity contribution in [3.05, 3.63) is 65.3 Å². The Kier molecular flexibility index (Phi) is 4.33. The highest BCUT2D eigenvalue weighted by Gasteiger charge is 2.45. The Hall–Kier alpha value is -2.04. The normalized spacial score (nSPS) is 30.3. The Morgan fingerprint density at radius 1 is 1.11 bits per heavy atom. The van der Waals surface area contributed by atoms with Gasteiger partial charge in [-0.15, -0.1) is 0 Å². The van der Waals surface area contributed by atoms with Crippen LogP contribution in [-0.4, -0.2) is 28.7 Å². The van der Waals surface area contributed by atoms with Crippen LogP contribution in [0, 0.1) is 5.92 Å². The number of hydrogen-bond acceptors (Lipinski definition) is 4. The predicted molar refractivity (Wildman–Crippen MR) is 103 cm³/mol. The van der Waals surface area contributed by atoms with Crippen LogP contribution < -0.4 is 4.74 Å². The summed E-state index contributed by atoms with van der Waals surface area (Å²) in [4.78, 5) is 2.69. The molecule has 3 atom stereocenters. The van der Waals surface area contributed by atoms with Crippen molar-refractivity contribution in [1.29, 1.82) is 0 Å². The van der Waals surface area contributed by atoms with Gasteiger partial charge in [0.2, 0.25) is 0 Å². The van der Waals surface area contributed by atoms with Crippen LogP contribution in [0.3, 0.4) is 0 Å². The molecule has 27 heavy (non-hydrogen) atoms. The number of furan rings is 1. The standard InChI is InChI=1S/C23H27NO3/c1-15-22(13-25)27-21-5-3-2-4-20(21)23(15)17-10-18-6-7-19(11-17)24(18)12-16-8-9-26-14-16/h2-5,8-9,14,17-19,23,25H,6-7,10-13H2,1H3. The molecule has 0 spiro atoms. The van der Waals surface area contributed by atoms with E-state index in [0.717, 1.165) is 18.1 Å². The Bertz CT molecular complexity index is 827. The maximum absolute atomic E-state index is 9.81. The molecule has 1 aromatic carbocycles. The Morgan fingerprint density at radius 2 is 1.89 bits per heavy atom. The molecule has 4 heterocycles. The van der Waals surface area contributed by atoms with E-state index in [-0.39, 0.29) is 6.61 Å². The van der Waals surface area contributed by atoms with Gasteiger partial charge in [-0.1, -0.05) is 18.2 Å². The summed E-state index contributed by atoms with van der Waals surface area (Å²) in [6.07, 6.45) is 8.65. The molecule has 142 valence electrons. The zero-order chi connectivity index (χ0) is 18.4. The summed E-state index contributed by atoms with van der Waals surface area (Å²) in [5.74, 6) is 2.63. The third-order valence-electron chi connectivity index (χ3n) is 6.87. The van der Waals surface area contributed by atoms with E-state index in [0.29, 0.717) is 23.9 Å². The molecule has 2 aromatic rings. The third kappa shape index (κ3) is 2.91. The molecule has 3 aliphatic rings. The molecule has 4 nitrogen and oxygen atoms in total. The fourth-order valence-electron chi connectivity index (χ4n) is 5.65. The van der Waals surface area contributed by atoms with Gasteiger partial charge < -0.3 is 14.3 Å². The average molecular weight is 365 g/mol. The minimum Gasteiger partial charge on any atom is -0.472 e. The second-order valence-electron chi connectivity index (χ2n) is 8.30. The first-order valence-corrected chi connectivity index (χ1v) is 10.1. The van der Waals surface area contributed by atoms with Crippen molar-refractivity contribution in [3.63, 3.8) is 0 Å². The van der Waals surface area contributed by atoms with Crippen molar-refractivity contribution in [2.24, 2.45) is 5.92 Å². The van der Waals surface area contributed by atoms with E-state index in [1.54, 1.807) is 6.26 Å². The number of ether oxygens (including phenoxy) is 1. The van der Waals surface area contributed by atoms with E-state index >= 15 is 0 Å². The third-order valence-corrected chi connectivity index (χ3v) is 6.87. The van der Waals surface area contributed by atoms with Crippen LogP contribution in [-0.2, 0) is 6.54 Å². The SMILES string of the molecule is CC1=C(CO)Oc2ccccc2C1C1CC2CCC(C1)N2Cc1ccoc1. The van der Waals surface area contributed by atoms with Crippen LogP contribution in [0.25, 0.3) is 0 Å². The van der Waals surface area contributed by atoms with E-state index in [1.807, 2.05) is 18.4 Å². The Morgan fingerprint density at radius 3 is 2.59 bits per heavy atom. The molecule has 0 aliphatic carbocycles. The number of nitrogens with zero attached hydrogens (tertiary/aromatic N) is 1. The number of aliphatic hydroxyl groups excluding tert-OH is 1. The Labute approximate surface area is 160 Å². The van der Waals surface area contributed by atoms with Crippen molar-refractivity contribution in [2.75, 3.05) is 6.61 Å². The number of benzene rings is 1. The summed E-state index contributed by atoms with van der Waals surface area (Å²) in [5.41, 5.74) is 3.78. The zero-order valence-corrected chi connectivity index (χ0v) is 15.8. The number of aliphatic hydroxyl groups is 1. The molecule has 3 unspecified atom stereocenters. The molecular formula is C23H27NO3. The molecule has 5 rings (SSSR count). The van der Waals surface area contributed by atoms with Crippen LogP contribution >= 0.6 is 0 Å². The monoisotopic (exact) mass is 365 g/mol. The van der Waals surface area contributed by atoms with Gasteiger partial charge in [0.25, 0.3) is 0 Å². The summed E-state index contributed by atoms with van der Waals surface area (Å²) in [6.45, 7) is 3.12. The lowest BCUT2D eigenvalue weighted by Gasteiger charge is -2.43. The lowest BCUT2D eigenvalue weighted by molar-refractivity contribution is 0.0871. The summed E-state index contributed by atoms with van der Waals surface area (Å²) < 4.78 is 11.3. The first-order chi connectivity index (χ1) is 13.2. The topological polar surface area (TPSA) is 45.8 Å². The number of rotatable bonds is 4. The predicted octanol–water partition coefficient (Wildman–Crippen LogP) is 4.47. The molecular weight excluding hydrogens is 338 g/mol. The van der Waals surface area contributed by atoms with Crippen LogP contribution in [0.5, 0.6) is 5.75 Å². The molecule has 0 radical (unpaired) electrons. The fraction of sp³-hybridized carbons (Fsp3) is 0.478. The highest BCUT2D eigenvalue weighted by atomic mass is 16.5. The van der Waals surface area contributed by atoms with Crippen LogP contribution in [0.2, 0.25) is 0 Å². The Balaban J connectivity index is 1.42. The van der Waals surface area contributed by atoms with E-state index in [4.69, 9.17) is 9.15 Å². The van der Waals surface area contributed by atoms with Gasteiger partial charge >= 0.3 is 0 Å². The van der Waals surface area contributed by atoms with Gasteiger partial charge in [-0.05, 0) is 56.2 Å². The number of para-hydroxylation sites is 1. The van der Waals surface area contributed by atoms with E-state index < -0.39 is 0 Å². The number of piperidine rings is 1. The minimum absolute atomic E-state index is 0.0249. The second-order valence-corrected chi connectivity index (χ2v) is 8.30. The molecule has 3 aliphatic heterocycles. The summed E-state index contributed by atoms with van der Waals surface area (Å²) in [5, 5.41) is 9.81. The van der Waals surface area contributed by atoms with E-state index in [2.05, 4.69) is 30.0 Å². The molecule has 2 saturated heterocycles. The number of fused-ring (bicyclic) bond motifs is 3. The maximum atomic E-state index is 9.81. The van der Waals surface area contributed by atoms with Crippen molar-refractivity contribution in [1.82, 2.24) is 4.90 Å². The highest BCUT2D eigenvalue weighted by Crippen LogP contribution is 2.50. The quantitative estimate of drug-likeness (QED) is 0.869. The van der Waals surface area contributed by atoms with Crippen molar-refractivity contribution < 1.29 is 14.3 Å².